The average Bonchev–Trinajstić information content (AvgIpc) is 3.12. The number of fused-ring (bicyclic) bond motifs is 1. The highest BCUT2D eigenvalue weighted by Crippen LogP contribution is 2.36. The van der Waals surface area contributed by atoms with E-state index in [1.807, 2.05) is 0 Å². The Kier molecular flexibility index (Phi) is 4.01. The van der Waals surface area contributed by atoms with Crippen molar-refractivity contribution < 1.29 is 13.2 Å². The lowest BCUT2D eigenvalue weighted by Crippen LogP contribution is -2.48. The molecule has 0 aromatic carbocycles. The van der Waals surface area contributed by atoms with Crippen molar-refractivity contribution in [1.29, 1.82) is 0 Å². The molecule has 1 amide bonds. The Hall–Kier alpha value is -1.37. The molecule has 0 bridgehead atoms. The van der Waals surface area contributed by atoms with Crippen molar-refractivity contribution in [3.05, 3.63) is 18.2 Å². The van der Waals surface area contributed by atoms with Gasteiger partial charge in [0.1, 0.15) is 0 Å². The lowest BCUT2D eigenvalue weighted by Gasteiger charge is -2.29. The molecule has 1 atom stereocenters. The van der Waals surface area contributed by atoms with E-state index >= 15 is 0 Å². The molecule has 22 heavy (non-hydrogen) atoms. The van der Waals surface area contributed by atoms with Crippen LogP contribution in [0.15, 0.2) is 12.5 Å². The molecule has 1 aromatic rings. The molecule has 7 heteroatoms. The quantitative estimate of drug-likeness (QED) is 0.892. The zero-order chi connectivity index (χ0) is 15.8. The first-order valence-electron chi connectivity index (χ1n) is 7.88. The van der Waals surface area contributed by atoms with Crippen LogP contribution in [0.1, 0.15) is 37.8 Å². The third-order valence-electron chi connectivity index (χ3n) is 5.23. The van der Waals surface area contributed by atoms with Crippen LogP contribution in [-0.2, 0) is 27.6 Å². The summed E-state index contributed by atoms with van der Waals surface area (Å²) in [6, 6.07) is 0. The zero-order valence-electron chi connectivity index (χ0n) is 12.9. The molecular formula is C15H23N3O3S. The molecule has 1 fully saturated rings. The molecule has 2 aliphatic rings. The first kappa shape index (κ1) is 15.5. The van der Waals surface area contributed by atoms with Gasteiger partial charge in [-0.3, -0.25) is 4.79 Å². The lowest BCUT2D eigenvalue weighted by molar-refractivity contribution is -0.125. The Morgan fingerprint density at radius 2 is 2.18 bits per heavy atom. The number of hydrogen-bond donors (Lipinski definition) is 1. The van der Waals surface area contributed by atoms with Crippen LogP contribution in [0.2, 0.25) is 0 Å². The highest BCUT2D eigenvalue weighted by atomic mass is 32.2. The van der Waals surface area contributed by atoms with Crippen molar-refractivity contribution in [3.8, 4) is 0 Å². The summed E-state index contributed by atoms with van der Waals surface area (Å²) in [7, 11) is -3.16. The maximum atomic E-state index is 12.4. The van der Waals surface area contributed by atoms with E-state index in [9.17, 15) is 13.2 Å². The fraction of sp³-hybridized carbons (Fsp3) is 0.733. The van der Waals surface area contributed by atoms with Gasteiger partial charge in [-0.2, -0.15) is 0 Å². The van der Waals surface area contributed by atoms with E-state index in [0.717, 1.165) is 31.5 Å². The number of amides is 1. The Balaban J connectivity index is 1.63. The van der Waals surface area contributed by atoms with Gasteiger partial charge in [-0.15, -0.1) is 0 Å². The van der Waals surface area contributed by atoms with E-state index in [1.54, 1.807) is 12.5 Å². The highest BCUT2D eigenvalue weighted by molar-refractivity contribution is 7.92. The Bertz CT molecular complexity index is 659. The first-order valence-corrected chi connectivity index (χ1v) is 9.77. The second kappa shape index (κ2) is 5.68. The van der Waals surface area contributed by atoms with E-state index in [0.29, 0.717) is 19.3 Å². The van der Waals surface area contributed by atoms with Gasteiger partial charge in [0.25, 0.3) is 0 Å². The number of sulfone groups is 1. The van der Waals surface area contributed by atoms with Crippen LogP contribution in [-0.4, -0.2) is 41.4 Å². The van der Waals surface area contributed by atoms with Crippen molar-refractivity contribution >= 4 is 15.7 Å². The normalized spacial score (nSPS) is 24.0. The van der Waals surface area contributed by atoms with Crippen LogP contribution in [0.4, 0.5) is 0 Å². The number of nitrogens with zero attached hydrogens (tertiary/aromatic N) is 2. The molecule has 1 aliphatic carbocycles. The number of aryl methyl sites for hydroxylation is 1. The molecule has 122 valence electrons. The summed E-state index contributed by atoms with van der Waals surface area (Å²) in [6.45, 7) is 1.05. The first-order chi connectivity index (χ1) is 10.4. The molecule has 0 radical (unpaired) electrons. The van der Waals surface area contributed by atoms with Gasteiger partial charge in [0.05, 0.1) is 11.1 Å². The molecule has 2 heterocycles. The molecule has 0 spiro atoms. The Morgan fingerprint density at radius 1 is 1.45 bits per heavy atom. The van der Waals surface area contributed by atoms with Gasteiger partial charge in [0, 0.05) is 43.6 Å². The molecule has 0 unspecified atom stereocenters. The second-order valence-corrected chi connectivity index (χ2v) is 9.06. The monoisotopic (exact) mass is 325 g/mol. The second-order valence-electron chi connectivity index (χ2n) is 6.65. The minimum Gasteiger partial charge on any atom is -0.354 e. The smallest absolute Gasteiger partial charge is 0.223 e. The highest BCUT2D eigenvalue weighted by Gasteiger charge is 2.43. The lowest BCUT2D eigenvalue weighted by atomic mass is 9.95. The predicted octanol–water partition coefficient (Wildman–Crippen LogP) is 0.919. The standard InChI is InChI=1S/C15H23N3O3S/c1-22(20,21)15(5-2-3-6-15)10-17-14(19)12-4-7-18-11-16-9-13(18)8-12/h9,11-12H,2-8,10H2,1H3,(H,17,19)/t12-/m0/s1. The molecule has 1 saturated carbocycles. The summed E-state index contributed by atoms with van der Waals surface area (Å²) in [6.07, 6.45) is 9.50. The molecule has 1 N–H and O–H groups in total. The number of nitrogens with one attached hydrogen (secondary N) is 1. The largest absolute Gasteiger partial charge is 0.354 e. The molecule has 3 rings (SSSR count). The Labute approximate surface area is 131 Å². The number of hydrogen-bond acceptors (Lipinski definition) is 4. The van der Waals surface area contributed by atoms with E-state index in [2.05, 4.69) is 14.9 Å². The van der Waals surface area contributed by atoms with Crippen LogP contribution in [0.25, 0.3) is 0 Å². The summed E-state index contributed by atoms with van der Waals surface area (Å²) in [5.74, 6) is -0.107. The predicted molar refractivity (Wildman–Crippen MR) is 83.1 cm³/mol. The van der Waals surface area contributed by atoms with Crippen molar-refractivity contribution in [2.24, 2.45) is 5.92 Å². The topological polar surface area (TPSA) is 81.1 Å². The third kappa shape index (κ3) is 2.78. The van der Waals surface area contributed by atoms with Crippen LogP contribution in [0.5, 0.6) is 0 Å². The molecule has 1 aliphatic heterocycles. The van der Waals surface area contributed by atoms with Crippen LogP contribution >= 0.6 is 0 Å². The summed E-state index contributed by atoms with van der Waals surface area (Å²) < 4.78 is 25.5. The zero-order valence-corrected chi connectivity index (χ0v) is 13.7. The van der Waals surface area contributed by atoms with Gasteiger partial charge >= 0.3 is 0 Å². The SMILES string of the molecule is CS(=O)(=O)C1(CNC(=O)[C@H]2CCn3cncc3C2)CCCC1. The van der Waals surface area contributed by atoms with Gasteiger partial charge in [0.2, 0.25) is 5.91 Å². The van der Waals surface area contributed by atoms with Crippen molar-refractivity contribution in [3.63, 3.8) is 0 Å². The van der Waals surface area contributed by atoms with Crippen molar-refractivity contribution in [1.82, 2.24) is 14.9 Å². The molecule has 0 saturated heterocycles. The number of aromatic nitrogens is 2. The van der Waals surface area contributed by atoms with E-state index in [1.165, 1.54) is 6.26 Å². The maximum Gasteiger partial charge on any atom is 0.223 e. The van der Waals surface area contributed by atoms with Crippen molar-refractivity contribution in [2.45, 2.75) is 49.8 Å². The van der Waals surface area contributed by atoms with Crippen LogP contribution < -0.4 is 5.32 Å². The van der Waals surface area contributed by atoms with Gasteiger partial charge in [-0.25, -0.2) is 13.4 Å². The van der Waals surface area contributed by atoms with E-state index < -0.39 is 14.6 Å². The number of carbonyl (C=O) groups excluding carboxylic acids is 1. The summed E-state index contributed by atoms with van der Waals surface area (Å²) in [5.41, 5.74) is 1.07. The Morgan fingerprint density at radius 3 is 2.86 bits per heavy atom. The van der Waals surface area contributed by atoms with E-state index in [4.69, 9.17) is 0 Å². The van der Waals surface area contributed by atoms with Gasteiger partial charge < -0.3 is 9.88 Å². The minimum atomic E-state index is -3.16. The maximum absolute atomic E-state index is 12.4. The molecule has 6 nitrogen and oxygen atoms in total. The minimum absolute atomic E-state index is 0.0256. The van der Waals surface area contributed by atoms with Crippen molar-refractivity contribution in [2.75, 3.05) is 12.8 Å². The molecular weight excluding hydrogens is 302 g/mol. The average molecular weight is 325 g/mol. The number of imidazole rings is 1. The fourth-order valence-corrected chi connectivity index (χ4v) is 5.05. The van der Waals surface area contributed by atoms with Gasteiger partial charge in [-0.1, -0.05) is 12.8 Å². The summed E-state index contributed by atoms with van der Waals surface area (Å²) in [4.78, 5) is 16.5. The summed E-state index contributed by atoms with van der Waals surface area (Å²) in [5, 5.41) is 2.92. The van der Waals surface area contributed by atoms with Crippen LogP contribution in [0.3, 0.4) is 0 Å². The number of carbonyl (C=O) groups is 1. The third-order valence-corrected chi connectivity index (χ3v) is 7.36. The van der Waals surface area contributed by atoms with Gasteiger partial charge in [0.15, 0.2) is 9.84 Å². The summed E-state index contributed by atoms with van der Waals surface area (Å²) >= 11 is 0. The van der Waals surface area contributed by atoms with E-state index in [-0.39, 0.29) is 18.4 Å². The van der Waals surface area contributed by atoms with Crippen LogP contribution in [0, 0.1) is 5.92 Å². The molecule has 1 aromatic heterocycles. The number of rotatable bonds is 4. The van der Waals surface area contributed by atoms with Gasteiger partial charge in [-0.05, 0) is 19.3 Å². The fourth-order valence-electron chi connectivity index (χ4n) is 3.68.